The normalized spacial score (nSPS) is 11.8. The van der Waals surface area contributed by atoms with Crippen molar-refractivity contribution in [3.8, 4) is 6.07 Å². The second-order valence-corrected chi connectivity index (χ2v) is 4.42. The van der Waals surface area contributed by atoms with Crippen molar-refractivity contribution in [1.82, 2.24) is 0 Å². The van der Waals surface area contributed by atoms with Gasteiger partial charge in [0.05, 0.1) is 25.3 Å². The molecule has 7 heteroatoms. The van der Waals surface area contributed by atoms with E-state index in [9.17, 15) is 18.0 Å². The van der Waals surface area contributed by atoms with Crippen LogP contribution < -0.4 is 10.2 Å². The number of benzene rings is 1. The van der Waals surface area contributed by atoms with E-state index >= 15 is 0 Å². The van der Waals surface area contributed by atoms with E-state index in [1.165, 1.54) is 0 Å². The van der Waals surface area contributed by atoms with E-state index in [0.717, 1.165) is 17.0 Å². The van der Waals surface area contributed by atoms with E-state index in [0.29, 0.717) is 19.4 Å². The second kappa shape index (κ2) is 7.50. The maximum atomic E-state index is 13.3. The molecule has 0 heterocycles. The summed E-state index contributed by atoms with van der Waals surface area (Å²) in [5, 5.41) is 10.6. The summed E-state index contributed by atoms with van der Waals surface area (Å²) >= 11 is 0. The van der Waals surface area contributed by atoms with E-state index in [2.05, 4.69) is 5.32 Å². The number of quaternary nitrogens is 1. The summed E-state index contributed by atoms with van der Waals surface area (Å²) in [5.74, 6) is -4.85. The van der Waals surface area contributed by atoms with Crippen molar-refractivity contribution in [1.29, 1.82) is 5.26 Å². The number of unbranched alkanes of at least 4 members (excludes halogenated alkanes) is 1. The van der Waals surface area contributed by atoms with Crippen LogP contribution in [0.4, 0.5) is 18.9 Å². The van der Waals surface area contributed by atoms with Crippen LogP contribution in [0.1, 0.15) is 12.8 Å². The molecule has 20 heavy (non-hydrogen) atoms. The van der Waals surface area contributed by atoms with Gasteiger partial charge in [0.2, 0.25) is 0 Å². The number of anilines is 1. The van der Waals surface area contributed by atoms with Crippen LogP contribution in [0.3, 0.4) is 0 Å². The van der Waals surface area contributed by atoms with Crippen molar-refractivity contribution in [2.24, 2.45) is 0 Å². The fraction of sp³-hybridized carbons (Fsp3) is 0.385. The quantitative estimate of drug-likeness (QED) is 0.602. The van der Waals surface area contributed by atoms with Gasteiger partial charge in [0, 0.05) is 12.8 Å². The van der Waals surface area contributed by atoms with Crippen LogP contribution in [-0.2, 0) is 4.79 Å². The number of carbonyl (C=O) groups is 1. The molecule has 1 rings (SSSR count). The molecule has 1 atom stereocenters. The second-order valence-electron chi connectivity index (χ2n) is 4.42. The van der Waals surface area contributed by atoms with E-state index in [4.69, 9.17) is 5.26 Å². The minimum atomic E-state index is -1.61. The summed E-state index contributed by atoms with van der Waals surface area (Å²) in [5.41, 5.74) is -0.390. The van der Waals surface area contributed by atoms with Crippen molar-refractivity contribution in [2.75, 3.05) is 25.5 Å². The molecule has 0 saturated carbocycles. The highest BCUT2D eigenvalue weighted by Crippen LogP contribution is 2.19. The van der Waals surface area contributed by atoms with E-state index in [-0.39, 0.29) is 6.54 Å². The van der Waals surface area contributed by atoms with Gasteiger partial charge in [-0.25, -0.2) is 13.2 Å². The lowest BCUT2D eigenvalue weighted by Crippen LogP contribution is -3.10. The number of nitriles is 1. The van der Waals surface area contributed by atoms with Crippen molar-refractivity contribution < 1.29 is 22.9 Å². The molecule has 0 aromatic heterocycles. The van der Waals surface area contributed by atoms with Gasteiger partial charge in [-0.15, -0.1) is 0 Å². The van der Waals surface area contributed by atoms with Gasteiger partial charge in [0.15, 0.2) is 24.0 Å². The number of hydrogen-bond acceptors (Lipinski definition) is 2. The number of carbonyl (C=O) groups excluding carboxylic acids is 1. The van der Waals surface area contributed by atoms with Gasteiger partial charge < -0.3 is 10.2 Å². The highest BCUT2D eigenvalue weighted by molar-refractivity contribution is 5.91. The minimum Gasteiger partial charge on any atom is -0.330 e. The smallest absolute Gasteiger partial charge is 0.279 e. The summed E-state index contributed by atoms with van der Waals surface area (Å²) in [6, 6.07) is 3.71. The monoisotopic (exact) mass is 286 g/mol. The number of nitrogens with one attached hydrogen (secondary N) is 2. The topological polar surface area (TPSA) is 57.3 Å². The van der Waals surface area contributed by atoms with Gasteiger partial charge in [-0.1, -0.05) is 0 Å². The molecule has 0 fully saturated rings. The number of likely N-dealkylation sites (N-methyl/N-ethyl adjacent to an activating group) is 1. The molecular formula is C13H15F3N3O+. The number of hydrogen-bond donors (Lipinski definition) is 2. The number of amides is 1. The van der Waals surface area contributed by atoms with E-state index in [1.54, 1.807) is 7.05 Å². The molecule has 0 aliphatic carbocycles. The first kappa shape index (κ1) is 16.0. The molecule has 0 aliphatic heterocycles. The van der Waals surface area contributed by atoms with Crippen LogP contribution in [0, 0.1) is 28.8 Å². The van der Waals surface area contributed by atoms with Crippen LogP contribution in [0.25, 0.3) is 0 Å². The minimum absolute atomic E-state index is 0.0455. The fourth-order valence-corrected chi connectivity index (χ4v) is 1.65. The van der Waals surface area contributed by atoms with Gasteiger partial charge >= 0.3 is 0 Å². The standard InChI is InChI=1S/C13H14F3N3O/c1-19(7-3-2-6-17)8-11(20)18-10-5-4-9(14)12(15)13(10)16/h4-5H,2-3,7-8H2,1H3,(H,18,20)/p+1. The van der Waals surface area contributed by atoms with Crippen LogP contribution in [0.5, 0.6) is 0 Å². The first-order valence-electron chi connectivity index (χ1n) is 6.07. The summed E-state index contributed by atoms with van der Waals surface area (Å²) in [6.45, 7) is 0.658. The Morgan fingerprint density at radius 1 is 1.35 bits per heavy atom. The lowest BCUT2D eigenvalue weighted by Gasteiger charge is -2.13. The maximum absolute atomic E-state index is 13.3. The summed E-state index contributed by atoms with van der Waals surface area (Å²) in [6.07, 6.45) is 1.05. The van der Waals surface area contributed by atoms with Gasteiger partial charge in [0.25, 0.3) is 5.91 Å². The predicted molar refractivity (Wildman–Crippen MR) is 66.4 cm³/mol. The molecule has 4 nitrogen and oxygen atoms in total. The summed E-state index contributed by atoms with van der Waals surface area (Å²) in [4.78, 5) is 12.5. The molecule has 1 amide bonds. The SMILES string of the molecule is C[NH+](CCCC#N)CC(=O)Nc1ccc(F)c(F)c1F. The van der Waals surface area contributed by atoms with E-state index < -0.39 is 29.0 Å². The molecule has 0 radical (unpaired) electrons. The van der Waals surface area contributed by atoms with Crippen LogP contribution >= 0.6 is 0 Å². The Hall–Kier alpha value is -2.07. The molecule has 108 valence electrons. The number of nitrogens with zero attached hydrogens (tertiary/aromatic N) is 1. The van der Waals surface area contributed by atoms with Gasteiger partial charge in [-0.3, -0.25) is 4.79 Å². The largest absolute Gasteiger partial charge is 0.330 e. The van der Waals surface area contributed by atoms with Gasteiger partial charge in [0.1, 0.15) is 0 Å². The summed E-state index contributed by atoms with van der Waals surface area (Å²) in [7, 11) is 1.75. The first-order valence-corrected chi connectivity index (χ1v) is 6.07. The zero-order valence-electron chi connectivity index (χ0n) is 11.0. The molecule has 2 N–H and O–H groups in total. The number of rotatable bonds is 6. The third kappa shape index (κ3) is 4.55. The first-order chi connectivity index (χ1) is 9.45. The maximum Gasteiger partial charge on any atom is 0.279 e. The van der Waals surface area contributed by atoms with Gasteiger partial charge in [-0.05, 0) is 12.1 Å². The molecule has 0 spiro atoms. The highest BCUT2D eigenvalue weighted by Gasteiger charge is 2.16. The molecular weight excluding hydrogens is 271 g/mol. The number of halogens is 3. The van der Waals surface area contributed by atoms with Crippen molar-refractivity contribution in [3.63, 3.8) is 0 Å². The lowest BCUT2D eigenvalue weighted by atomic mass is 10.2. The third-order valence-corrected chi connectivity index (χ3v) is 2.66. The molecule has 1 aromatic carbocycles. The Bertz CT molecular complexity index is 528. The zero-order valence-corrected chi connectivity index (χ0v) is 11.0. The fourth-order valence-electron chi connectivity index (χ4n) is 1.65. The Morgan fingerprint density at radius 3 is 2.70 bits per heavy atom. The molecule has 0 saturated heterocycles. The Balaban J connectivity index is 2.55. The Morgan fingerprint density at radius 2 is 2.05 bits per heavy atom. The molecule has 1 aromatic rings. The summed E-state index contributed by atoms with van der Waals surface area (Å²) < 4.78 is 39.0. The average Bonchev–Trinajstić information content (AvgIpc) is 2.40. The van der Waals surface area contributed by atoms with Crippen molar-refractivity contribution in [3.05, 3.63) is 29.6 Å². The van der Waals surface area contributed by atoms with Crippen molar-refractivity contribution in [2.45, 2.75) is 12.8 Å². The van der Waals surface area contributed by atoms with E-state index in [1.807, 2.05) is 6.07 Å². The van der Waals surface area contributed by atoms with Gasteiger partial charge in [-0.2, -0.15) is 5.26 Å². The van der Waals surface area contributed by atoms with Crippen LogP contribution in [-0.4, -0.2) is 26.0 Å². The van der Waals surface area contributed by atoms with Crippen LogP contribution in [0.15, 0.2) is 12.1 Å². The average molecular weight is 286 g/mol. The molecule has 0 bridgehead atoms. The zero-order chi connectivity index (χ0) is 15.1. The Kier molecular flexibility index (Phi) is 6.00. The molecule has 0 aliphatic rings. The Labute approximate surface area is 114 Å². The third-order valence-electron chi connectivity index (χ3n) is 2.66. The van der Waals surface area contributed by atoms with Crippen LogP contribution in [0.2, 0.25) is 0 Å². The predicted octanol–water partition coefficient (Wildman–Crippen LogP) is 0.861. The molecule has 1 unspecified atom stereocenters. The lowest BCUT2D eigenvalue weighted by molar-refractivity contribution is -0.871. The van der Waals surface area contributed by atoms with Crippen molar-refractivity contribution >= 4 is 11.6 Å². The highest BCUT2D eigenvalue weighted by atomic mass is 19.2.